The van der Waals surface area contributed by atoms with Crippen LogP contribution >= 0.6 is 0 Å². The Morgan fingerprint density at radius 1 is 1.35 bits per heavy atom. The summed E-state index contributed by atoms with van der Waals surface area (Å²) in [7, 11) is 0. The van der Waals surface area contributed by atoms with E-state index in [0.29, 0.717) is 0 Å². The molecule has 2 nitrogen and oxygen atoms in total. The van der Waals surface area contributed by atoms with Gasteiger partial charge in [-0.05, 0) is 50.2 Å². The summed E-state index contributed by atoms with van der Waals surface area (Å²) in [4.78, 5) is 4.77. The normalized spacial score (nSPS) is 19.9. The second kappa shape index (κ2) is 3.86. The molecule has 3 rings (SSSR count). The lowest BCUT2D eigenvalue weighted by Gasteiger charge is -2.25. The molecule has 2 aromatic heterocycles. The number of rotatable bonds is 1. The maximum absolute atomic E-state index is 4.77. The summed E-state index contributed by atoms with van der Waals surface area (Å²) < 4.78 is 2.35. The largest absolute Gasteiger partial charge is 0.301 e. The van der Waals surface area contributed by atoms with Crippen LogP contribution in [0.15, 0.2) is 18.2 Å². The highest BCUT2D eigenvalue weighted by Crippen LogP contribution is 2.31. The van der Waals surface area contributed by atoms with Crippen molar-refractivity contribution in [3.63, 3.8) is 0 Å². The maximum Gasteiger partial charge on any atom is 0.137 e. The number of aryl methyl sites for hydroxylation is 2. The van der Waals surface area contributed by atoms with Gasteiger partial charge in [-0.1, -0.05) is 19.9 Å². The monoisotopic (exact) mass is 228 g/mol. The van der Waals surface area contributed by atoms with Gasteiger partial charge in [0.25, 0.3) is 0 Å². The minimum absolute atomic E-state index is 0.776. The van der Waals surface area contributed by atoms with Gasteiger partial charge in [0, 0.05) is 11.4 Å². The molecule has 0 aromatic carbocycles. The Morgan fingerprint density at radius 3 is 2.94 bits per heavy atom. The zero-order valence-corrected chi connectivity index (χ0v) is 10.9. The molecule has 2 aromatic rings. The molecular formula is C15H20N2. The van der Waals surface area contributed by atoms with E-state index in [-0.39, 0.29) is 0 Å². The van der Waals surface area contributed by atoms with Gasteiger partial charge in [-0.25, -0.2) is 4.98 Å². The Hall–Kier alpha value is -1.31. The third kappa shape index (κ3) is 1.67. The summed E-state index contributed by atoms with van der Waals surface area (Å²) in [6, 6.07) is 6.40. The van der Waals surface area contributed by atoms with Crippen LogP contribution < -0.4 is 0 Å². The minimum Gasteiger partial charge on any atom is -0.301 e. The van der Waals surface area contributed by atoms with Crippen molar-refractivity contribution in [1.82, 2.24) is 9.38 Å². The van der Waals surface area contributed by atoms with Crippen molar-refractivity contribution in [1.29, 1.82) is 0 Å². The van der Waals surface area contributed by atoms with Crippen LogP contribution in [0.25, 0.3) is 5.65 Å². The summed E-state index contributed by atoms with van der Waals surface area (Å²) in [5.41, 5.74) is 5.22. The number of aromatic nitrogens is 2. The van der Waals surface area contributed by atoms with Crippen molar-refractivity contribution in [3.05, 3.63) is 35.3 Å². The lowest BCUT2D eigenvalue weighted by Crippen LogP contribution is -2.20. The number of fused-ring (bicyclic) bond motifs is 3. The molecule has 1 unspecified atom stereocenters. The van der Waals surface area contributed by atoms with Crippen molar-refractivity contribution >= 4 is 5.65 Å². The fourth-order valence-electron chi connectivity index (χ4n) is 3.02. The Kier molecular flexibility index (Phi) is 2.46. The van der Waals surface area contributed by atoms with E-state index < -0.39 is 0 Å². The van der Waals surface area contributed by atoms with E-state index in [1.165, 1.54) is 29.9 Å². The molecule has 0 saturated heterocycles. The van der Waals surface area contributed by atoms with E-state index in [1.807, 2.05) is 0 Å². The molecule has 0 radical (unpaired) electrons. The Labute approximate surface area is 103 Å². The molecule has 1 aliphatic carbocycles. The molecule has 2 heterocycles. The molecule has 90 valence electrons. The smallest absolute Gasteiger partial charge is 0.137 e. The van der Waals surface area contributed by atoms with Gasteiger partial charge in [-0.15, -0.1) is 0 Å². The summed E-state index contributed by atoms with van der Waals surface area (Å²) >= 11 is 0. The highest BCUT2D eigenvalue weighted by Gasteiger charge is 2.25. The van der Waals surface area contributed by atoms with Gasteiger partial charge >= 0.3 is 0 Å². The quantitative estimate of drug-likeness (QED) is 0.731. The first-order chi connectivity index (χ1) is 8.16. The van der Waals surface area contributed by atoms with Crippen LogP contribution in [0.5, 0.6) is 0 Å². The van der Waals surface area contributed by atoms with Crippen LogP contribution in [-0.2, 0) is 12.8 Å². The second-order valence-corrected chi connectivity index (χ2v) is 5.61. The molecule has 1 aliphatic rings. The van der Waals surface area contributed by atoms with E-state index >= 15 is 0 Å². The molecule has 0 spiro atoms. The number of imidazole rings is 1. The predicted molar refractivity (Wildman–Crippen MR) is 70.3 cm³/mol. The standard InChI is InChI=1S/C15H20N2/c1-10(2)12-7-8-13-14(9-12)17-11(3)5-4-6-15(17)16-13/h4-6,10,12H,7-9H2,1-3H3. The van der Waals surface area contributed by atoms with Gasteiger partial charge in [-0.2, -0.15) is 0 Å². The van der Waals surface area contributed by atoms with Crippen molar-refractivity contribution < 1.29 is 0 Å². The van der Waals surface area contributed by atoms with Crippen molar-refractivity contribution in [2.45, 2.75) is 40.0 Å². The van der Waals surface area contributed by atoms with Gasteiger partial charge in [-0.3, -0.25) is 0 Å². The Balaban J connectivity index is 2.14. The third-order valence-electron chi connectivity index (χ3n) is 4.17. The van der Waals surface area contributed by atoms with Gasteiger partial charge in [0.1, 0.15) is 5.65 Å². The zero-order valence-electron chi connectivity index (χ0n) is 10.9. The summed E-state index contributed by atoms with van der Waals surface area (Å²) in [6.45, 7) is 6.85. The molecule has 0 amide bonds. The number of hydrogen-bond donors (Lipinski definition) is 0. The fraction of sp³-hybridized carbons (Fsp3) is 0.533. The van der Waals surface area contributed by atoms with Crippen LogP contribution in [0, 0.1) is 18.8 Å². The zero-order chi connectivity index (χ0) is 12.0. The van der Waals surface area contributed by atoms with Gasteiger partial charge in [0.05, 0.1) is 5.69 Å². The third-order valence-corrected chi connectivity index (χ3v) is 4.17. The fourth-order valence-corrected chi connectivity index (χ4v) is 3.02. The summed E-state index contributed by atoms with van der Waals surface area (Å²) in [6.07, 6.45) is 3.64. The molecule has 17 heavy (non-hydrogen) atoms. The van der Waals surface area contributed by atoms with Crippen molar-refractivity contribution in [2.75, 3.05) is 0 Å². The van der Waals surface area contributed by atoms with E-state index in [1.54, 1.807) is 0 Å². The van der Waals surface area contributed by atoms with Gasteiger partial charge in [0.15, 0.2) is 0 Å². The van der Waals surface area contributed by atoms with E-state index in [4.69, 9.17) is 4.98 Å². The molecule has 0 saturated carbocycles. The molecule has 2 heteroatoms. The number of nitrogens with zero attached hydrogens (tertiary/aromatic N) is 2. The number of pyridine rings is 1. The van der Waals surface area contributed by atoms with Crippen LogP contribution in [0.3, 0.4) is 0 Å². The second-order valence-electron chi connectivity index (χ2n) is 5.61. The van der Waals surface area contributed by atoms with Crippen LogP contribution in [0.2, 0.25) is 0 Å². The van der Waals surface area contributed by atoms with Gasteiger partial charge < -0.3 is 4.40 Å². The highest BCUT2D eigenvalue weighted by atomic mass is 15.0. The lowest BCUT2D eigenvalue weighted by atomic mass is 9.82. The Bertz CT molecular complexity index is 551. The topological polar surface area (TPSA) is 17.3 Å². The van der Waals surface area contributed by atoms with E-state index in [0.717, 1.165) is 23.9 Å². The average Bonchev–Trinajstić information content (AvgIpc) is 2.67. The van der Waals surface area contributed by atoms with Crippen molar-refractivity contribution in [2.24, 2.45) is 11.8 Å². The molecular weight excluding hydrogens is 208 g/mol. The molecule has 0 N–H and O–H groups in total. The molecule has 0 bridgehead atoms. The maximum atomic E-state index is 4.77. The summed E-state index contributed by atoms with van der Waals surface area (Å²) in [5.74, 6) is 1.60. The minimum atomic E-state index is 0.776. The SMILES string of the molecule is Cc1cccc2nc3c(n12)CC(C(C)C)CC3. The summed E-state index contributed by atoms with van der Waals surface area (Å²) in [5, 5.41) is 0. The molecule has 0 aliphatic heterocycles. The van der Waals surface area contributed by atoms with Crippen LogP contribution in [-0.4, -0.2) is 9.38 Å². The Morgan fingerprint density at radius 2 is 2.18 bits per heavy atom. The predicted octanol–water partition coefficient (Wildman–Crippen LogP) is 3.40. The van der Waals surface area contributed by atoms with Crippen molar-refractivity contribution in [3.8, 4) is 0 Å². The first kappa shape index (κ1) is 10.8. The highest BCUT2D eigenvalue weighted by molar-refractivity contribution is 5.45. The van der Waals surface area contributed by atoms with Crippen LogP contribution in [0.4, 0.5) is 0 Å². The first-order valence-corrected chi connectivity index (χ1v) is 6.62. The van der Waals surface area contributed by atoms with Gasteiger partial charge in [0.2, 0.25) is 0 Å². The van der Waals surface area contributed by atoms with Crippen LogP contribution in [0.1, 0.15) is 37.4 Å². The van der Waals surface area contributed by atoms with E-state index in [2.05, 4.69) is 43.4 Å². The molecule has 1 atom stereocenters. The lowest BCUT2D eigenvalue weighted by molar-refractivity contribution is 0.337. The molecule has 0 fully saturated rings. The van der Waals surface area contributed by atoms with E-state index in [9.17, 15) is 0 Å². The first-order valence-electron chi connectivity index (χ1n) is 6.62. The average molecular weight is 228 g/mol. The number of hydrogen-bond acceptors (Lipinski definition) is 1.